The minimum Gasteiger partial charge on any atom is -0.495 e. The van der Waals surface area contributed by atoms with Gasteiger partial charge in [0.1, 0.15) is 17.3 Å². The number of carbonyl (C=O) groups excluding carboxylic acids is 1. The average Bonchev–Trinajstić information content (AvgIpc) is 2.91. The molecule has 0 saturated carbocycles. The van der Waals surface area contributed by atoms with Gasteiger partial charge < -0.3 is 19.3 Å². The van der Waals surface area contributed by atoms with Crippen molar-refractivity contribution >= 4 is 27.3 Å². The fourth-order valence-corrected chi connectivity index (χ4v) is 5.09. The van der Waals surface area contributed by atoms with E-state index < -0.39 is 15.8 Å². The summed E-state index contributed by atoms with van der Waals surface area (Å²) in [6.45, 7) is 2.25. The molecule has 0 unspecified atom stereocenters. The summed E-state index contributed by atoms with van der Waals surface area (Å²) in [5.74, 6) is 0.640. The number of anilines is 2. The van der Waals surface area contributed by atoms with Crippen molar-refractivity contribution in [2.45, 2.75) is 6.54 Å². The Morgan fingerprint density at radius 3 is 2.24 bits per heavy atom. The standard InChI is InChI=1S/C27H30FN3O5S/c1-35-26-10-6-5-9-25(26)29-15-17-30(18-16-29)27(32)20-36-23-13-11-22(12-14-23)31(37(2,33)34)19-21-7-3-4-8-24(21)28/h3-14H,15-20H2,1-2H3. The first-order valence-electron chi connectivity index (χ1n) is 11.9. The van der Waals surface area contributed by atoms with E-state index in [1.807, 2.05) is 24.3 Å². The number of para-hydroxylation sites is 2. The summed E-state index contributed by atoms with van der Waals surface area (Å²) in [4.78, 5) is 16.7. The molecule has 1 aliphatic heterocycles. The molecule has 0 radical (unpaired) electrons. The molecular weight excluding hydrogens is 497 g/mol. The van der Waals surface area contributed by atoms with Crippen molar-refractivity contribution in [2.24, 2.45) is 0 Å². The zero-order valence-corrected chi connectivity index (χ0v) is 21.7. The van der Waals surface area contributed by atoms with Gasteiger partial charge in [-0.1, -0.05) is 30.3 Å². The smallest absolute Gasteiger partial charge is 0.260 e. The predicted molar refractivity (Wildman–Crippen MR) is 141 cm³/mol. The van der Waals surface area contributed by atoms with Crippen LogP contribution in [0.5, 0.6) is 11.5 Å². The van der Waals surface area contributed by atoms with Crippen molar-refractivity contribution in [2.75, 3.05) is 55.4 Å². The molecule has 1 saturated heterocycles. The van der Waals surface area contributed by atoms with Crippen LogP contribution < -0.4 is 18.7 Å². The number of rotatable bonds is 9. The molecule has 1 amide bonds. The summed E-state index contributed by atoms with van der Waals surface area (Å²) in [7, 11) is -2.02. The minimum atomic E-state index is -3.66. The first-order valence-corrected chi connectivity index (χ1v) is 13.7. The molecule has 3 aromatic rings. The number of hydrogen-bond donors (Lipinski definition) is 0. The number of nitrogens with zero attached hydrogens (tertiary/aromatic N) is 3. The highest BCUT2D eigenvalue weighted by atomic mass is 32.2. The second-order valence-electron chi connectivity index (χ2n) is 8.68. The normalized spacial score (nSPS) is 13.8. The number of carbonyl (C=O) groups is 1. The van der Waals surface area contributed by atoms with Gasteiger partial charge in [0.25, 0.3) is 5.91 Å². The number of methoxy groups -OCH3 is 1. The zero-order valence-electron chi connectivity index (χ0n) is 20.8. The summed E-state index contributed by atoms with van der Waals surface area (Å²) >= 11 is 0. The third-order valence-corrected chi connectivity index (χ3v) is 7.36. The average molecular weight is 528 g/mol. The van der Waals surface area contributed by atoms with E-state index in [2.05, 4.69) is 4.90 Å². The fraction of sp³-hybridized carbons (Fsp3) is 0.296. The Morgan fingerprint density at radius 1 is 0.946 bits per heavy atom. The molecule has 1 fully saturated rings. The van der Waals surface area contributed by atoms with Gasteiger partial charge in [-0.25, -0.2) is 12.8 Å². The highest BCUT2D eigenvalue weighted by Crippen LogP contribution is 2.28. The number of halogens is 1. The summed E-state index contributed by atoms with van der Waals surface area (Å²) in [5.41, 5.74) is 1.65. The molecule has 196 valence electrons. The van der Waals surface area contributed by atoms with Gasteiger partial charge in [0.2, 0.25) is 10.0 Å². The Kier molecular flexibility index (Phi) is 8.17. The summed E-state index contributed by atoms with van der Waals surface area (Å²) in [6.07, 6.45) is 1.07. The second kappa shape index (κ2) is 11.5. The number of hydrogen-bond acceptors (Lipinski definition) is 6. The lowest BCUT2D eigenvalue weighted by Gasteiger charge is -2.36. The van der Waals surface area contributed by atoms with Crippen LogP contribution in [0.2, 0.25) is 0 Å². The lowest BCUT2D eigenvalue weighted by molar-refractivity contribution is -0.133. The summed E-state index contributed by atoms with van der Waals surface area (Å²) in [6, 6.07) is 20.2. The molecule has 0 atom stereocenters. The maximum absolute atomic E-state index is 14.1. The van der Waals surface area contributed by atoms with E-state index in [1.165, 1.54) is 6.07 Å². The van der Waals surface area contributed by atoms with Crippen molar-refractivity contribution < 1.29 is 27.1 Å². The molecule has 0 aromatic heterocycles. The van der Waals surface area contributed by atoms with Gasteiger partial charge in [0.15, 0.2) is 6.61 Å². The predicted octanol–water partition coefficient (Wildman–Crippen LogP) is 3.53. The van der Waals surface area contributed by atoms with Gasteiger partial charge in [-0.3, -0.25) is 9.10 Å². The molecule has 4 rings (SSSR count). The van der Waals surface area contributed by atoms with Gasteiger partial charge >= 0.3 is 0 Å². The number of sulfonamides is 1. The van der Waals surface area contributed by atoms with Crippen LogP contribution in [0.4, 0.5) is 15.8 Å². The van der Waals surface area contributed by atoms with Gasteiger partial charge in [-0.2, -0.15) is 0 Å². The van der Waals surface area contributed by atoms with Crippen LogP contribution in [0.25, 0.3) is 0 Å². The monoisotopic (exact) mass is 527 g/mol. The summed E-state index contributed by atoms with van der Waals surface area (Å²) in [5, 5.41) is 0. The van der Waals surface area contributed by atoms with Crippen molar-refractivity contribution in [3.8, 4) is 11.5 Å². The molecular formula is C27H30FN3O5S. The van der Waals surface area contributed by atoms with E-state index in [1.54, 1.807) is 54.5 Å². The van der Waals surface area contributed by atoms with Crippen molar-refractivity contribution in [1.29, 1.82) is 0 Å². The SMILES string of the molecule is COc1ccccc1N1CCN(C(=O)COc2ccc(N(Cc3ccccc3F)S(C)(=O)=O)cc2)CC1. The Labute approximate surface area is 216 Å². The molecule has 3 aromatic carbocycles. The lowest BCUT2D eigenvalue weighted by atomic mass is 10.2. The topological polar surface area (TPSA) is 79.4 Å². The van der Waals surface area contributed by atoms with E-state index in [-0.39, 0.29) is 24.6 Å². The minimum absolute atomic E-state index is 0.124. The van der Waals surface area contributed by atoms with Gasteiger partial charge in [0, 0.05) is 31.7 Å². The molecule has 8 nitrogen and oxygen atoms in total. The van der Waals surface area contributed by atoms with Crippen LogP contribution in [-0.2, 0) is 21.4 Å². The summed E-state index contributed by atoms with van der Waals surface area (Å²) < 4.78 is 51.1. The van der Waals surface area contributed by atoms with Gasteiger partial charge in [-0.05, 0) is 42.5 Å². The third-order valence-electron chi connectivity index (χ3n) is 6.22. The Bertz CT molecular complexity index is 1330. The Hall–Kier alpha value is -3.79. The van der Waals surface area contributed by atoms with Crippen molar-refractivity contribution in [1.82, 2.24) is 4.90 Å². The number of piperazine rings is 1. The largest absolute Gasteiger partial charge is 0.495 e. The van der Waals surface area contributed by atoms with E-state index in [9.17, 15) is 17.6 Å². The Balaban J connectivity index is 1.33. The van der Waals surface area contributed by atoms with E-state index in [0.29, 0.717) is 37.6 Å². The van der Waals surface area contributed by atoms with Gasteiger partial charge in [0.05, 0.1) is 31.3 Å². The maximum atomic E-state index is 14.1. The first-order chi connectivity index (χ1) is 17.8. The zero-order chi connectivity index (χ0) is 26.4. The van der Waals surface area contributed by atoms with Crippen LogP contribution >= 0.6 is 0 Å². The molecule has 10 heteroatoms. The molecule has 0 aliphatic carbocycles. The molecule has 0 spiro atoms. The van der Waals surface area contributed by atoms with Crippen molar-refractivity contribution in [3.05, 3.63) is 84.2 Å². The number of amides is 1. The number of benzene rings is 3. The van der Waals surface area contributed by atoms with Crippen LogP contribution in [-0.4, -0.2) is 65.4 Å². The van der Waals surface area contributed by atoms with Crippen LogP contribution in [0.1, 0.15) is 5.56 Å². The molecule has 1 aliphatic rings. The van der Waals surface area contributed by atoms with E-state index >= 15 is 0 Å². The highest BCUT2D eigenvalue weighted by molar-refractivity contribution is 7.92. The van der Waals surface area contributed by atoms with E-state index in [4.69, 9.17) is 9.47 Å². The first kappa shape index (κ1) is 26.3. The Morgan fingerprint density at radius 2 is 1.59 bits per heavy atom. The quantitative estimate of drug-likeness (QED) is 0.424. The molecule has 0 N–H and O–H groups in total. The van der Waals surface area contributed by atoms with Crippen molar-refractivity contribution in [3.63, 3.8) is 0 Å². The third kappa shape index (κ3) is 6.51. The second-order valence-corrected chi connectivity index (χ2v) is 10.6. The van der Waals surface area contributed by atoms with Gasteiger partial charge in [-0.15, -0.1) is 0 Å². The fourth-order valence-electron chi connectivity index (χ4n) is 4.21. The number of ether oxygens (including phenoxy) is 2. The van der Waals surface area contributed by atoms with Crippen LogP contribution in [0, 0.1) is 5.82 Å². The lowest BCUT2D eigenvalue weighted by Crippen LogP contribution is -2.50. The molecule has 0 bridgehead atoms. The maximum Gasteiger partial charge on any atom is 0.260 e. The van der Waals surface area contributed by atoms with E-state index in [0.717, 1.165) is 22.0 Å². The van der Waals surface area contributed by atoms with Crippen LogP contribution in [0.15, 0.2) is 72.8 Å². The highest BCUT2D eigenvalue weighted by Gasteiger charge is 2.23. The molecule has 1 heterocycles. The molecule has 37 heavy (non-hydrogen) atoms. The van der Waals surface area contributed by atoms with Crippen LogP contribution in [0.3, 0.4) is 0 Å².